The van der Waals surface area contributed by atoms with E-state index in [9.17, 15) is 70.7 Å². The van der Waals surface area contributed by atoms with E-state index in [1.807, 2.05) is 0 Å². The van der Waals surface area contributed by atoms with Gasteiger partial charge in [-0.3, -0.25) is 10.1 Å². The van der Waals surface area contributed by atoms with Crippen molar-refractivity contribution in [2.45, 2.75) is 21.4 Å². The molecule has 1 aromatic carbocycles. The molecule has 0 aliphatic heterocycles. The number of benzene rings is 1. The molecule has 1 aromatic rings. The summed E-state index contributed by atoms with van der Waals surface area (Å²) in [4.78, 5) is 9.14. The third-order valence-corrected chi connectivity index (χ3v) is 8.28. The molecule has 0 N–H and O–H groups in total. The lowest BCUT2D eigenvalue weighted by Crippen LogP contribution is -2.42. The normalized spacial score (nSPS) is 15.4. The Morgan fingerprint density at radius 2 is 1.18 bits per heavy atom. The van der Waals surface area contributed by atoms with Gasteiger partial charge in [-0.25, -0.2) is 16.8 Å². The van der Waals surface area contributed by atoms with E-state index in [1.54, 1.807) is 0 Å². The number of alkyl halides is 9. The topological polar surface area (TPSA) is 146 Å². The summed E-state index contributed by atoms with van der Waals surface area (Å²) in [6.07, 6.45) is 0. The monoisotopic (exact) mass is 563 g/mol. The molecule has 0 fully saturated rings. The molecule has 1 unspecified atom stereocenters. The molecule has 1 rings (SSSR count). The number of halogens is 9. The fourth-order valence-electron chi connectivity index (χ4n) is 1.52. The number of hydrogen-bond acceptors (Lipinski definition) is 7. The first-order valence-corrected chi connectivity index (χ1v) is 11.6. The highest BCUT2D eigenvalue weighted by molar-refractivity contribution is 8.13. The van der Waals surface area contributed by atoms with Crippen molar-refractivity contribution < 1.29 is 65.5 Å². The van der Waals surface area contributed by atoms with Crippen molar-refractivity contribution in [3.05, 3.63) is 38.5 Å². The molecule has 0 aliphatic carbocycles. The predicted octanol–water partition coefficient (Wildman–Crippen LogP) is 3.51. The van der Waals surface area contributed by atoms with Crippen LogP contribution in [0.1, 0.15) is 0 Å². The largest absolute Gasteiger partial charge is 0.601 e. The van der Waals surface area contributed by atoms with E-state index in [4.69, 9.17) is 0 Å². The van der Waals surface area contributed by atoms with Crippen LogP contribution < -0.4 is 0 Å². The van der Waals surface area contributed by atoms with Crippen LogP contribution in [-0.2, 0) is 34.4 Å². The summed E-state index contributed by atoms with van der Waals surface area (Å²) in [6, 6.07) is 3.50. The Labute approximate surface area is 180 Å². The summed E-state index contributed by atoms with van der Waals surface area (Å²) in [5.74, 6) is 0. The number of nitro groups is 1. The Balaban J connectivity index is 0.000000633. The molecule has 0 spiro atoms. The maximum atomic E-state index is 12.8. The van der Waals surface area contributed by atoms with E-state index >= 15 is 0 Å². The molecule has 0 heterocycles. The van der Waals surface area contributed by atoms with Crippen LogP contribution in [0.25, 0.3) is 4.13 Å². The van der Waals surface area contributed by atoms with Gasteiger partial charge in [0.25, 0.3) is 15.8 Å². The van der Waals surface area contributed by atoms with Crippen molar-refractivity contribution in [3.63, 3.8) is 0 Å². The lowest BCUT2D eigenvalue weighted by atomic mass is 10.3. The van der Waals surface area contributed by atoms with Gasteiger partial charge in [0.05, 0.1) is 4.92 Å². The van der Waals surface area contributed by atoms with Crippen molar-refractivity contribution in [1.29, 1.82) is 0 Å². The van der Waals surface area contributed by atoms with Crippen LogP contribution in [0.2, 0.25) is 0 Å². The zero-order valence-corrected chi connectivity index (χ0v) is 18.1. The van der Waals surface area contributed by atoms with E-state index in [0.29, 0.717) is 4.31 Å². The average Bonchev–Trinajstić information content (AvgIpc) is 2.57. The number of rotatable bonds is 5. The van der Waals surface area contributed by atoms with Gasteiger partial charge in [-0.15, -0.1) is 17.5 Å². The Hall–Kier alpha value is -2.04. The van der Waals surface area contributed by atoms with E-state index in [1.165, 1.54) is 0 Å². The Bertz CT molecular complexity index is 1070. The van der Waals surface area contributed by atoms with Gasteiger partial charge in [-0.1, -0.05) is 4.21 Å². The van der Waals surface area contributed by atoms with Crippen LogP contribution in [0, 0.1) is 10.1 Å². The SMILES string of the molecule is CN(C)[S+](=O)(c1ccc([N+](=O)[O-])cc1)C(F)(F)F.O=S(=O)([N-]S(=O)(=O)C(F)(F)F)C(F)(F)F. The second kappa shape index (κ2) is 9.68. The van der Waals surface area contributed by atoms with Crippen molar-refractivity contribution in [2.24, 2.45) is 0 Å². The summed E-state index contributed by atoms with van der Waals surface area (Å²) in [6.45, 7) is 0. The Morgan fingerprint density at radius 3 is 1.39 bits per heavy atom. The zero-order valence-electron chi connectivity index (χ0n) is 15.6. The molecule has 0 aliphatic rings. The quantitative estimate of drug-likeness (QED) is 0.231. The Kier molecular flexibility index (Phi) is 9.08. The molecule has 1 atom stereocenters. The standard InChI is InChI=1S/C9H10F3N2O3S.C2F6NO4S2/c1-13(2)18(17,9(10,11)12)8-5-3-7(4-6-8)14(15)16;3-1(4,5)14(10,11)9-15(12,13)2(6,7)8/h3-6H,1-2H3;/q+1;-1. The summed E-state index contributed by atoms with van der Waals surface area (Å²) in [5, 5.41) is 10.4. The minimum Gasteiger partial charge on any atom is -0.421 e. The molecule has 0 radical (unpaired) electrons. The molecule has 0 bridgehead atoms. The van der Waals surface area contributed by atoms with Crippen LogP contribution >= 0.6 is 0 Å². The molecular formula is C11H10F9N3O7S3. The molecule has 10 nitrogen and oxygen atoms in total. The van der Waals surface area contributed by atoms with Crippen LogP contribution in [-0.4, -0.2) is 56.7 Å². The van der Waals surface area contributed by atoms with Crippen molar-refractivity contribution in [2.75, 3.05) is 14.1 Å². The van der Waals surface area contributed by atoms with Crippen molar-refractivity contribution in [1.82, 2.24) is 4.31 Å². The van der Waals surface area contributed by atoms with Crippen LogP contribution in [0.15, 0.2) is 29.2 Å². The third kappa shape index (κ3) is 7.22. The molecule has 0 saturated heterocycles. The highest BCUT2D eigenvalue weighted by Crippen LogP contribution is 2.39. The van der Waals surface area contributed by atoms with E-state index in [-0.39, 0.29) is 5.69 Å². The summed E-state index contributed by atoms with van der Waals surface area (Å²) < 4.78 is 160. The highest BCUT2D eigenvalue weighted by atomic mass is 32.3. The maximum Gasteiger partial charge on any atom is 0.601 e. The highest BCUT2D eigenvalue weighted by Gasteiger charge is 2.62. The lowest BCUT2D eigenvalue weighted by molar-refractivity contribution is -0.384. The van der Waals surface area contributed by atoms with Gasteiger partial charge in [0.1, 0.15) is 0 Å². The van der Waals surface area contributed by atoms with Crippen molar-refractivity contribution in [3.8, 4) is 0 Å². The molecule has 0 amide bonds. The minimum atomic E-state index is -6.72. The molecule has 0 saturated carbocycles. The molecule has 22 heteroatoms. The van der Waals surface area contributed by atoms with Gasteiger partial charge in [0, 0.05) is 38.4 Å². The van der Waals surface area contributed by atoms with Crippen LogP contribution in [0.5, 0.6) is 0 Å². The first-order chi connectivity index (χ1) is 14.3. The van der Waals surface area contributed by atoms with Crippen LogP contribution in [0.4, 0.5) is 45.2 Å². The molecular weight excluding hydrogens is 553 g/mol. The first kappa shape index (κ1) is 31.0. The average molecular weight is 563 g/mol. The van der Waals surface area contributed by atoms with Gasteiger partial charge in [0.15, 0.2) is 24.9 Å². The van der Waals surface area contributed by atoms with Gasteiger partial charge >= 0.3 is 16.5 Å². The molecule has 192 valence electrons. The maximum absolute atomic E-state index is 12.8. The zero-order chi connectivity index (χ0) is 26.8. The van der Waals surface area contributed by atoms with Crippen molar-refractivity contribution >= 4 is 35.9 Å². The van der Waals surface area contributed by atoms with Gasteiger partial charge < -0.3 is 4.13 Å². The molecule has 33 heavy (non-hydrogen) atoms. The predicted molar refractivity (Wildman–Crippen MR) is 92.5 cm³/mol. The van der Waals surface area contributed by atoms with Crippen LogP contribution in [0.3, 0.4) is 0 Å². The van der Waals surface area contributed by atoms with Gasteiger partial charge in [-0.05, 0) is 0 Å². The lowest BCUT2D eigenvalue weighted by Gasteiger charge is -2.22. The number of nitrogens with zero attached hydrogens (tertiary/aromatic N) is 3. The minimum absolute atomic E-state index is 0.360. The summed E-state index contributed by atoms with van der Waals surface area (Å²) in [7, 11) is -15.8. The third-order valence-electron chi connectivity index (χ3n) is 2.98. The number of sulfonamides is 2. The number of nitro benzene ring substituents is 1. The second-order valence-electron chi connectivity index (χ2n) is 5.45. The van der Waals surface area contributed by atoms with Gasteiger partial charge in [-0.2, -0.15) is 26.3 Å². The van der Waals surface area contributed by atoms with E-state index in [0.717, 1.165) is 42.5 Å². The van der Waals surface area contributed by atoms with E-state index < -0.39 is 56.5 Å². The number of non-ortho nitro benzene ring substituents is 1. The Morgan fingerprint density at radius 1 is 0.848 bits per heavy atom. The summed E-state index contributed by atoms with van der Waals surface area (Å²) in [5.41, 5.74) is -17.7. The fourth-order valence-corrected chi connectivity index (χ4v) is 4.83. The smallest absolute Gasteiger partial charge is 0.421 e. The van der Waals surface area contributed by atoms with Gasteiger partial charge in [0.2, 0.25) is 0 Å². The fraction of sp³-hybridized carbons (Fsp3) is 0.455. The molecule has 0 aromatic heterocycles. The van der Waals surface area contributed by atoms with E-state index in [2.05, 4.69) is 0 Å². The first-order valence-electron chi connectivity index (χ1n) is 7.20. The number of hydrogen-bond donors (Lipinski definition) is 0. The summed E-state index contributed by atoms with van der Waals surface area (Å²) >= 11 is 0. The second-order valence-corrected chi connectivity index (χ2v) is 11.6.